The third-order valence-corrected chi connectivity index (χ3v) is 2.34. The number of nitrogens with two attached hydrogens (primary N) is 2. The summed E-state index contributed by atoms with van der Waals surface area (Å²) < 4.78 is 0. The van der Waals surface area contributed by atoms with Crippen LogP contribution in [0.1, 0.15) is 5.56 Å². The van der Waals surface area contributed by atoms with Gasteiger partial charge in [-0.2, -0.15) is 0 Å². The van der Waals surface area contributed by atoms with Crippen molar-refractivity contribution < 1.29 is 4.79 Å². The molecule has 5 nitrogen and oxygen atoms in total. The van der Waals surface area contributed by atoms with Crippen molar-refractivity contribution in [1.82, 2.24) is 4.98 Å². The van der Waals surface area contributed by atoms with Crippen LogP contribution >= 0.6 is 11.6 Å². The molecule has 1 aromatic rings. The number of carbonyl (C=O) groups is 1. The highest BCUT2D eigenvalue weighted by molar-refractivity contribution is 6.33. The summed E-state index contributed by atoms with van der Waals surface area (Å²) in [5.41, 5.74) is 11.4. The van der Waals surface area contributed by atoms with E-state index in [1.54, 1.807) is 24.2 Å². The van der Waals surface area contributed by atoms with Gasteiger partial charge in [-0.1, -0.05) is 11.6 Å². The zero-order valence-corrected chi connectivity index (χ0v) is 9.16. The first-order chi connectivity index (χ1) is 7.06. The summed E-state index contributed by atoms with van der Waals surface area (Å²) in [4.78, 5) is 16.4. The van der Waals surface area contributed by atoms with Gasteiger partial charge in [0.2, 0.25) is 5.91 Å². The highest BCUT2D eigenvalue weighted by atomic mass is 35.5. The van der Waals surface area contributed by atoms with E-state index in [1.807, 2.05) is 0 Å². The van der Waals surface area contributed by atoms with Gasteiger partial charge in [-0.05, 0) is 11.6 Å². The Morgan fingerprint density at radius 3 is 2.87 bits per heavy atom. The monoisotopic (exact) mass is 228 g/mol. The van der Waals surface area contributed by atoms with E-state index in [-0.39, 0.29) is 6.54 Å². The molecule has 4 N–H and O–H groups in total. The number of likely N-dealkylation sites (N-methyl/N-ethyl adjacent to an activating group) is 1. The molecule has 82 valence electrons. The van der Waals surface area contributed by atoms with Gasteiger partial charge >= 0.3 is 0 Å². The molecule has 1 amide bonds. The minimum absolute atomic E-state index is 0.0702. The van der Waals surface area contributed by atoms with E-state index >= 15 is 0 Å². The second kappa shape index (κ2) is 4.95. The van der Waals surface area contributed by atoms with Crippen molar-refractivity contribution in [3.63, 3.8) is 0 Å². The fraction of sp³-hybridized carbons (Fsp3) is 0.333. The van der Waals surface area contributed by atoms with Crippen LogP contribution in [-0.4, -0.2) is 24.5 Å². The number of anilines is 1. The van der Waals surface area contributed by atoms with Crippen LogP contribution in [0, 0.1) is 0 Å². The molecule has 0 aliphatic rings. The number of nitrogens with zero attached hydrogens (tertiary/aromatic N) is 2. The van der Waals surface area contributed by atoms with Crippen LogP contribution in [0.4, 0.5) is 5.82 Å². The third kappa shape index (κ3) is 2.81. The molecule has 0 atom stereocenters. The number of primary amides is 1. The van der Waals surface area contributed by atoms with Crippen LogP contribution in [0.15, 0.2) is 12.3 Å². The number of halogens is 1. The molecule has 1 rings (SSSR count). The number of aromatic nitrogens is 1. The Bertz CT molecular complexity index is 369. The number of hydrogen-bond donors (Lipinski definition) is 2. The quantitative estimate of drug-likeness (QED) is 0.766. The summed E-state index contributed by atoms with van der Waals surface area (Å²) >= 11 is 6.05. The molecule has 0 unspecified atom stereocenters. The normalized spacial score (nSPS) is 10.1. The smallest absolute Gasteiger partial charge is 0.236 e. The lowest BCUT2D eigenvalue weighted by Gasteiger charge is -2.18. The number of rotatable bonds is 4. The summed E-state index contributed by atoms with van der Waals surface area (Å²) in [6.45, 7) is 0.402. The summed E-state index contributed by atoms with van der Waals surface area (Å²) in [6, 6.07) is 1.74. The maximum Gasteiger partial charge on any atom is 0.236 e. The lowest BCUT2D eigenvalue weighted by atomic mass is 10.2. The fourth-order valence-corrected chi connectivity index (χ4v) is 1.54. The predicted octanol–water partition coefficient (Wildman–Crippen LogP) is 0.115. The SMILES string of the molecule is CN(CC(N)=O)c1nccc(CN)c1Cl. The number of hydrogen-bond acceptors (Lipinski definition) is 4. The van der Waals surface area contributed by atoms with Crippen LogP contribution in [0.2, 0.25) is 5.02 Å². The van der Waals surface area contributed by atoms with Gasteiger partial charge in [0.25, 0.3) is 0 Å². The largest absolute Gasteiger partial charge is 0.368 e. The summed E-state index contributed by atoms with van der Waals surface area (Å²) in [7, 11) is 1.69. The van der Waals surface area contributed by atoms with Crippen molar-refractivity contribution in [1.29, 1.82) is 0 Å². The van der Waals surface area contributed by atoms with Crippen LogP contribution in [0.3, 0.4) is 0 Å². The van der Waals surface area contributed by atoms with E-state index < -0.39 is 5.91 Å². The second-order valence-corrected chi connectivity index (χ2v) is 3.51. The summed E-state index contributed by atoms with van der Waals surface area (Å²) in [6.07, 6.45) is 1.60. The van der Waals surface area contributed by atoms with Gasteiger partial charge in [0.1, 0.15) is 5.82 Å². The first-order valence-electron chi connectivity index (χ1n) is 4.39. The Morgan fingerprint density at radius 1 is 1.67 bits per heavy atom. The Hall–Kier alpha value is -1.33. The molecule has 0 spiro atoms. The van der Waals surface area contributed by atoms with Crippen LogP contribution < -0.4 is 16.4 Å². The molecular formula is C9H13ClN4O. The first-order valence-corrected chi connectivity index (χ1v) is 4.77. The van der Waals surface area contributed by atoms with Crippen molar-refractivity contribution in [3.05, 3.63) is 22.8 Å². The fourth-order valence-electron chi connectivity index (χ4n) is 1.20. The second-order valence-electron chi connectivity index (χ2n) is 3.13. The zero-order chi connectivity index (χ0) is 11.4. The van der Waals surface area contributed by atoms with E-state index in [0.717, 1.165) is 5.56 Å². The molecule has 0 saturated carbocycles. The Kier molecular flexibility index (Phi) is 3.88. The maximum absolute atomic E-state index is 10.7. The average Bonchev–Trinajstić information content (AvgIpc) is 2.17. The minimum atomic E-state index is -0.437. The van der Waals surface area contributed by atoms with Crippen molar-refractivity contribution >= 4 is 23.3 Å². The van der Waals surface area contributed by atoms with Gasteiger partial charge in [-0.3, -0.25) is 4.79 Å². The van der Waals surface area contributed by atoms with Gasteiger partial charge < -0.3 is 16.4 Å². The predicted molar refractivity (Wildman–Crippen MR) is 59.6 cm³/mol. The van der Waals surface area contributed by atoms with E-state index in [0.29, 0.717) is 17.4 Å². The Balaban J connectivity index is 2.98. The van der Waals surface area contributed by atoms with Gasteiger partial charge in [-0.25, -0.2) is 4.98 Å². The lowest BCUT2D eigenvalue weighted by Crippen LogP contribution is -2.31. The average molecular weight is 229 g/mol. The van der Waals surface area contributed by atoms with Crippen molar-refractivity contribution in [2.45, 2.75) is 6.54 Å². The van der Waals surface area contributed by atoms with Crippen molar-refractivity contribution in [2.24, 2.45) is 11.5 Å². The number of pyridine rings is 1. The van der Waals surface area contributed by atoms with Crippen molar-refractivity contribution in [3.8, 4) is 0 Å². The lowest BCUT2D eigenvalue weighted by molar-refractivity contribution is -0.116. The van der Waals surface area contributed by atoms with Gasteiger partial charge in [0.05, 0.1) is 11.6 Å². The first kappa shape index (κ1) is 11.7. The molecule has 0 bridgehead atoms. The van der Waals surface area contributed by atoms with E-state index in [2.05, 4.69) is 4.98 Å². The van der Waals surface area contributed by atoms with E-state index in [1.165, 1.54) is 0 Å². The molecule has 0 radical (unpaired) electrons. The maximum atomic E-state index is 10.7. The highest BCUT2D eigenvalue weighted by Crippen LogP contribution is 2.25. The molecule has 1 aromatic heterocycles. The molecule has 15 heavy (non-hydrogen) atoms. The summed E-state index contributed by atoms with van der Waals surface area (Å²) in [5, 5.41) is 0.462. The molecule has 0 aromatic carbocycles. The molecule has 6 heteroatoms. The highest BCUT2D eigenvalue weighted by Gasteiger charge is 2.12. The number of carbonyl (C=O) groups excluding carboxylic acids is 1. The van der Waals surface area contributed by atoms with Crippen LogP contribution in [0.5, 0.6) is 0 Å². The zero-order valence-electron chi connectivity index (χ0n) is 8.40. The molecule has 0 fully saturated rings. The molecule has 1 heterocycles. The standard InChI is InChI=1S/C9H13ClN4O/c1-14(5-7(12)15)9-8(10)6(4-11)2-3-13-9/h2-3H,4-5,11H2,1H3,(H2,12,15). The molecule has 0 aliphatic heterocycles. The molecule has 0 aliphatic carbocycles. The number of amides is 1. The van der Waals surface area contributed by atoms with Gasteiger partial charge in [0, 0.05) is 19.8 Å². The molecular weight excluding hydrogens is 216 g/mol. The minimum Gasteiger partial charge on any atom is -0.368 e. The Labute approximate surface area is 93.0 Å². The van der Waals surface area contributed by atoms with Gasteiger partial charge in [0.15, 0.2) is 0 Å². The Morgan fingerprint density at radius 2 is 2.33 bits per heavy atom. The van der Waals surface area contributed by atoms with E-state index in [4.69, 9.17) is 23.1 Å². The van der Waals surface area contributed by atoms with Crippen molar-refractivity contribution in [2.75, 3.05) is 18.5 Å². The molecule has 0 saturated heterocycles. The van der Waals surface area contributed by atoms with Crippen LogP contribution in [-0.2, 0) is 11.3 Å². The van der Waals surface area contributed by atoms with Gasteiger partial charge in [-0.15, -0.1) is 0 Å². The summed E-state index contributed by atoms with van der Waals surface area (Å²) in [5.74, 6) is 0.0759. The van der Waals surface area contributed by atoms with E-state index in [9.17, 15) is 4.79 Å². The van der Waals surface area contributed by atoms with Crippen LogP contribution in [0.25, 0.3) is 0 Å². The third-order valence-electron chi connectivity index (χ3n) is 1.93. The topological polar surface area (TPSA) is 85.2 Å².